The minimum absolute atomic E-state index is 0.138. The van der Waals surface area contributed by atoms with Gasteiger partial charge in [-0.15, -0.1) is 11.8 Å². The Labute approximate surface area is 158 Å². The fourth-order valence-electron chi connectivity index (χ4n) is 3.14. The maximum Gasteiger partial charge on any atom is 0.329 e. The lowest BCUT2D eigenvalue weighted by molar-refractivity contribution is -0.148. The van der Waals surface area contributed by atoms with E-state index in [9.17, 15) is 19.5 Å². The average molecular weight is 378 g/mol. The summed E-state index contributed by atoms with van der Waals surface area (Å²) in [6.07, 6.45) is 4.62. The third-order valence-electron chi connectivity index (χ3n) is 4.59. The zero-order chi connectivity index (χ0) is 19.2. The molecule has 26 heavy (non-hydrogen) atoms. The number of anilines is 1. The SMILES string of the molecule is CC(=O)Nc1ccc(SC(C)C(=O)NC2(C(=O)O)CCCCCC2)cc1. The van der Waals surface area contributed by atoms with Crippen molar-refractivity contribution in [3.63, 3.8) is 0 Å². The highest BCUT2D eigenvalue weighted by Crippen LogP contribution is 2.30. The fraction of sp³-hybridized carbons (Fsp3) is 0.526. The summed E-state index contributed by atoms with van der Waals surface area (Å²) in [6, 6.07) is 7.22. The van der Waals surface area contributed by atoms with Crippen molar-refractivity contribution in [3.8, 4) is 0 Å². The summed E-state index contributed by atoms with van der Waals surface area (Å²) >= 11 is 1.37. The first-order valence-corrected chi connectivity index (χ1v) is 9.80. The number of benzene rings is 1. The van der Waals surface area contributed by atoms with Crippen LogP contribution in [-0.4, -0.2) is 33.7 Å². The fourth-order valence-corrected chi connectivity index (χ4v) is 4.01. The first-order chi connectivity index (χ1) is 12.3. The smallest absolute Gasteiger partial charge is 0.329 e. The molecule has 0 radical (unpaired) electrons. The minimum atomic E-state index is -1.14. The Bertz CT molecular complexity index is 652. The molecular weight excluding hydrogens is 352 g/mol. The molecule has 7 heteroatoms. The van der Waals surface area contributed by atoms with Crippen LogP contribution >= 0.6 is 11.8 Å². The Morgan fingerprint density at radius 1 is 1.08 bits per heavy atom. The predicted molar refractivity (Wildman–Crippen MR) is 102 cm³/mol. The Balaban J connectivity index is 1.99. The molecule has 1 aliphatic rings. The lowest BCUT2D eigenvalue weighted by Crippen LogP contribution is -2.56. The highest BCUT2D eigenvalue weighted by molar-refractivity contribution is 8.00. The topological polar surface area (TPSA) is 95.5 Å². The van der Waals surface area contributed by atoms with Crippen molar-refractivity contribution in [1.82, 2.24) is 5.32 Å². The maximum absolute atomic E-state index is 12.6. The number of hydrogen-bond donors (Lipinski definition) is 3. The third-order valence-corrected chi connectivity index (χ3v) is 5.70. The second-order valence-corrected chi connectivity index (χ2v) is 8.17. The summed E-state index contributed by atoms with van der Waals surface area (Å²) < 4.78 is 0. The molecule has 1 unspecified atom stereocenters. The zero-order valence-corrected chi connectivity index (χ0v) is 16.0. The van der Waals surface area contributed by atoms with Crippen LogP contribution in [0, 0.1) is 0 Å². The summed E-state index contributed by atoms with van der Waals surface area (Å²) in [5, 5.41) is 14.8. The molecule has 1 aromatic rings. The summed E-state index contributed by atoms with van der Waals surface area (Å²) in [7, 11) is 0. The molecule has 0 aliphatic heterocycles. The Hall–Kier alpha value is -2.02. The van der Waals surface area contributed by atoms with E-state index in [0.29, 0.717) is 18.5 Å². The molecule has 6 nitrogen and oxygen atoms in total. The van der Waals surface area contributed by atoms with Gasteiger partial charge in [0.05, 0.1) is 5.25 Å². The number of aliphatic carboxylic acids is 1. The van der Waals surface area contributed by atoms with Crippen LogP contribution in [0.25, 0.3) is 0 Å². The van der Waals surface area contributed by atoms with Crippen LogP contribution in [-0.2, 0) is 14.4 Å². The molecule has 2 amide bonds. The van der Waals surface area contributed by atoms with Crippen molar-refractivity contribution in [2.45, 2.75) is 68.1 Å². The average Bonchev–Trinajstić information content (AvgIpc) is 2.82. The second kappa shape index (κ2) is 9.07. The normalized spacial score (nSPS) is 17.6. The van der Waals surface area contributed by atoms with E-state index < -0.39 is 16.8 Å². The van der Waals surface area contributed by atoms with Crippen LogP contribution in [0.15, 0.2) is 29.2 Å². The molecule has 2 rings (SSSR count). The quantitative estimate of drug-likeness (QED) is 0.521. The largest absolute Gasteiger partial charge is 0.480 e. The van der Waals surface area contributed by atoms with Gasteiger partial charge < -0.3 is 15.7 Å². The number of hydrogen-bond acceptors (Lipinski definition) is 4. The second-order valence-electron chi connectivity index (χ2n) is 6.76. The molecule has 1 aliphatic carbocycles. The number of rotatable bonds is 6. The van der Waals surface area contributed by atoms with Gasteiger partial charge in [-0.05, 0) is 44.0 Å². The highest BCUT2D eigenvalue weighted by atomic mass is 32.2. The monoisotopic (exact) mass is 378 g/mol. The van der Waals surface area contributed by atoms with Crippen molar-refractivity contribution >= 4 is 35.2 Å². The molecule has 142 valence electrons. The molecule has 0 heterocycles. The molecule has 1 aromatic carbocycles. The van der Waals surface area contributed by atoms with E-state index in [-0.39, 0.29) is 11.8 Å². The van der Waals surface area contributed by atoms with E-state index in [4.69, 9.17) is 0 Å². The van der Waals surface area contributed by atoms with Gasteiger partial charge in [-0.2, -0.15) is 0 Å². The van der Waals surface area contributed by atoms with Crippen molar-refractivity contribution in [2.75, 3.05) is 5.32 Å². The van der Waals surface area contributed by atoms with Crippen molar-refractivity contribution in [1.29, 1.82) is 0 Å². The number of nitrogens with one attached hydrogen (secondary N) is 2. The Morgan fingerprint density at radius 3 is 2.15 bits per heavy atom. The summed E-state index contributed by atoms with van der Waals surface area (Å²) in [5.41, 5.74) is -0.445. The Kier molecular flexibility index (Phi) is 7.08. The molecular formula is C19H26N2O4S. The molecule has 0 aromatic heterocycles. The summed E-state index contributed by atoms with van der Waals surface area (Å²) in [4.78, 5) is 36.3. The number of carboxylic acid groups (broad SMARTS) is 1. The number of amides is 2. The predicted octanol–water partition coefficient (Wildman–Crippen LogP) is 3.42. The Morgan fingerprint density at radius 2 is 1.65 bits per heavy atom. The summed E-state index contributed by atoms with van der Waals surface area (Å²) in [6.45, 7) is 3.22. The zero-order valence-electron chi connectivity index (χ0n) is 15.2. The number of thioether (sulfide) groups is 1. The molecule has 0 saturated heterocycles. The van der Waals surface area contributed by atoms with E-state index in [1.54, 1.807) is 19.1 Å². The lowest BCUT2D eigenvalue weighted by Gasteiger charge is -2.30. The van der Waals surface area contributed by atoms with E-state index in [1.807, 2.05) is 12.1 Å². The highest BCUT2D eigenvalue weighted by Gasteiger charge is 2.40. The number of carbonyl (C=O) groups is 3. The van der Waals surface area contributed by atoms with Gasteiger partial charge >= 0.3 is 5.97 Å². The van der Waals surface area contributed by atoms with E-state index >= 15 is 0 Å². The molecule has 0 bridgehead atoms. The molecule has 1 fully saturated rings. The third kappa shape index (κ3) is 5.49. The van der Waals surface area contributed by atoms with Gasteiger partial charge in [-0.25, -0.2) is 4.79 Å². The van der Waals surface area contributed by atoms with Gasteiger partial charge in [0.25, 0.3) is 0 Å². The van der Waals surface area contributed by atoms with Gasteiger partial charge in [0, 0.05) is 17.5 Å². The van der Waals surface area contributed by atoms with E-state index in [0.717, 1.165) is 30.6 Å². The first kappa shape index (κ1) is 20.3. The van der Waals surface area contributed by atoms with E-state index in [2.05, 4.69) is 10.6 Å². The van der Waals surface area contributed by atoms with Crippen LogP contribution < -0.4 is 10.6 Å². The first-order valence-electron chi connectivity index (χ1n) is 8.92. The van der Waals surface area contributed by atoms with Crippen molar-refractivity contribution in [3.05, 3.63) is 24.3 Å². The van der Waals surface area contributed by atoms with Gasteiger partial charge in [-0.1, -0.05) is 25.7 Å². The minimum Gasteiger partial charge on any atom is -0.480 e. The van der Waals surface area contributed by atoms with E-state index in [1.165, 1.54) is 18.7 Å². The van der Waals surface area contributed by atoms with Crippen LogP contribution in [0.1, 0.15) is 52.4 Å². The molecule has 1 atom stereocenters. The van der Waals surface area contributed by atoms with Crippen molar-refractivity contribution < 1.29 is 19.5 Å². The van der Waals surface area contributed by atoms with Crippen LogP contribution in [0.5, 0.6) is 0 Å². The van der Waals surface area contributed by atoms with Gasteiger partial charge in [-0.3, -0.25) is 9.59 Å². The van der Waals surface area contributed by atoms with Gasteiger partial charge in [0.15, 0.2) is 0 Å². The van der Waals surface area contributed by atoms with Gasteiger partial charge in [0.1, 0.15) is 5.54 Å². The standard InChI is InChI=1S/C19H26N2O4S/c1-13(26-16-9-7-15(8-10-16)20-14(2)22)17(23)21-19(18(24)25)11-5-3-4-6-12-19/h7-10,13H,3-6,11-12H2,1-2H3,(H,20,22)(H,21,23)(H,24,25). The molecule has 1 saturated carbocycles. The van der Waals surface area contributed by atoms with Crippen LogP contribution in [0.2, 0.25) is 0 Å². The van der Waals surface area contributed by atoms with Crippen LogP contribution in [0.3, 0.4) is 0 Å². The van der Waals surface area contributed by atoms with Crippen molar-refractivity contribution in [2.24, 2.45) is 0 Å². The number of carbonyl (C=O) groups excluding carboxylic acids is 2. The summed E-state index contributed by atoms with van der Waals surface area (Å²) in [5.74, 6) is -1.34. The number of carboxylic acids is 1. The van der Waals surface area contributed by atoms with Gasteiger partial charge in [0.2, 0.25) is 11.8 Å². The molecule has 3 N–H and O–H groups in total. The van der Waals surface area contributed by atoms with Crippen LogP contribution in [0.4, 0.5) is 5.69 Å². The molecule has 0 spiro atoms. The lowest BCUT2D eigenvalue weighted by atomic mass is 9.90. The maximum atomic E-state index is 12.6.